The molecule has 5 nitrogen and oxygen atoms in total. The minimum absolute atomic E-state index is 0.153. The third-order valence-electron chi connectivity index (χ3n) is 5.12. The zero-order chi connectivity index (χ0) is 19.1. The van der Waals surface area contributed by atoms with E-state index in [9.17, 15) is 4.79 Å². The van der Waals surface area contributed by atoms with Crippen LogP contribution in [0.2, 0.25) is 0 Å². The molecule has 1 aromatic rings. The van der Waals surface area contributed by atoms with Crippen LogP contribution in [-0.4, -0.2) is 60.2 Å². The molecule has 0 saturated carbocycles. The van der Waals surface area contributed by atoms with E-state index in [1.54, 1.807) is 14.0 Å². The topological polar surface area (TPSA) is 44.8 Å². The van der Waals surface area contributed by atoms with E-state index in [1.165, 1.54) is 11.1 Å². The lowest BCUT2D eigenvalue weighted by Crippen LogP contribution is -2.50. The van der Waals surface area contributed by atoms with E-state index in [2.05, 4.69) is 42.3 Å². The van der Waals surface area contributed by atoms with E-state index in [0.717, 1.165) is 49.7 Å². The number of nitrogens with zero attached hydrogens (tertiary/aromatic N) is 2. The zero-order valence-corrected chi connectivity index (χ0v) is 17.2. The number of ether oxygens (including phenoxy) is 1. The van der Waals surface area contributed by atoms with Gasteiger partial charge in [0.05, 0.1) is 6.61 Å². The summed E-state index contributed by atoms with van der Waals surface area (Å²) >= 11 is 5.78. The van der Waals surface area contributed by atoms with Crippen LogP contribution in [0.1, 0.15) is 37.8 Å². The molecule has 144 valence electrons. The first kappa shape index (κ1) is 20.6. The molecule has 0 spiro atoms. The van der Waals surface area contributed by atoms with Gasteiger partial charge in [-0.15, -0.1) is 0 Å². The van der Waals surface area contributed by atoms with Crippen LogP contribution in [0.5, 0.6) is 0 Å². The second-order valence-corrected chi connectivity index (χ2v) is 7.20. The predicted molar refractivity (Wildman–Crippen MR) is 111 cm³/mol. The largest absolute Gasteiger partial charge is 0.383 e. The quantitative estimate of drug-likeness (QED) is 0.771. The van der Waals surface area contributed by atoms with Crippen LogP contribution in [0.25, 0.3) is 0 Å². The van der Waals surface area contributed by atoms with Gasteiger partial charge in [0.15, 0.2) is 5.11 Å². The van der Waals surface area contributed by atoms with Crippen LogP contribution >= 0.6 is 12.2 Å². The van der Waals surface area contributed by atoms with Crippen LogP contribution < -0.4 is 5.32 Å². The number of carbonyl (C=O) groups is 1. The highest BCUT2D eigenvalue weighted by Crippen LogP contribution is 2.23. The second kappa shape index (κ2) is 9.88. The van der Waals surface area contributed by atoms with Crippen LogP contribution in [0, 0.1) is 6.92 Å². The number of nitrogens with one attached hydrogen (secondary N) is 1. The first-order chi connectivity index (χ1) is 12.5. The minimum Gasteiger partial charge on any atom is -0.383 e. The maximum Gasteiger partial charge on any atom is 0.219 e. The van der Waals surface area contributed by atoms with E-state index in [0.29, 0.717) is 12.6 Å². The lowest BCUT2D eigenvalue weighted by Gasteiger charge is -2.39. The third-order valence-corrected chi connectivity index (χ3v) is 5.46. The number of likely N-dealkylation sites (tertiary alicyclic amines) is 1. The summed E-state index contributed by atoms with van der Waals surface area (Å²) in [4.78, 5) is 15.7. The molecule has 1 aliphatic heterocycles. The Morgan fingerprint density at radius 1 is 1.38 bits per heavy atom. The average molecular weight is 378 g/mol. The predicted octanol–water partition coefficient (Wildman–Crippen LogP) is 3.21. The van der Waals surface area contributed by atoms with Gasteiger partial charge in [0.2, 0.25) is 5.91 Å². The van der Waals surface area contributed by atoms with Gasteiger partial charge in [0.1, 0.15) is 0 Å². The van der Waals surface area contributed by atoms with Gasteiger partial charge in [-0.05, 0) is 49.5 Å². The van der Waals surface area contributed by atoms with Gasteiger partial charge in [-0.1, -0.05) is 25.1 Å². The number of thiocarbonyl (C=S) groups is 1. The maximum atomic E-state index is 11.6. The third kappa shape index (κ3) is 5.17. The Morgan fingerprint density at radius 3 is 2.65 bits per heavy atom. The fourth-order valence-corrected chi connectivity index (χ4v) is 3.86. The van der Waals surface area contributed by atoms with Crippen molar-refractivity contribution in [2.24, 2.45) is 0 Å². The molecule has 1 heterocycles. The molecule has 6 heteroatoms. The van der Waals surface area contributed by atoms with E-state index in [4.69, 9.17) is 17.0 Å². The van der Waals surface area contributed by atoms with Crippen LogP contribution in [0.15, 0.2) is 18.2 Å². The number of amides is 1. The number of hydrogen-bond acceptors (Lipinski definition) is 3. The van der Waals surface area contributed by atoms with Gasteiger partial charge in [0, 0.05) is 45.4 Å². The van der Waals surface area contributed by atoms with E-state index < -0.39 is 0 Å². The lowest BCUT2D eigenvalue weighted by atomic mass is 10.0. The number of carbonyl (C=O) groups excluding carboxylic acids is 1. The summed E-state index contributed by atoms with van der Waals surface area (Å²) in [5.41, 5.74) is 3.58. The van der Waals surface area contributed by atoms with Crippen LogP contribution in [0.4, 0.5) is 5.69 Å². The van der Waals surface area contributed by atoms with Gasteiger partial charge >= 0.3 is 0 Å². The van der Waals surface area contributed by atoms with Crippen molar-refractivity contribution in [3.05, 3.63) is 29.3 Å². The summed E-state index contributed by atoms with van der Waals surface area (Å²) in [6.45, 7) is 8.86. The summed E-state index contributed by atoms with van der Waals surface area (Å²) in [6.07, 6.45) is 2.82. The summed E-state index contributed by atoms with van der Waals surface area (Å²) in [6, 6.07) is 6.66. The number of piperidine rings is 1. The van der Waals surface area contributed by atoms with Crippen LogP contribution in [-0.2, 0) is 16.0 Å². The molecule has 0 radical (unpaired) electrons. The Kier molecular flexibility index (Phi) is 7.85. The highest BCUT2D eigenvalue weighted by atomic mass is 32.1. The maximum absolute atomic E-state index is 11.6. The molecule has 1 amide bonds. The molecule has 2 rings (SSSR count). The Hall–Kier alpha value is -1.66. The van der Waals surface area contributed by atoms with Crippen molar-refractivity contribution in [2.45, 2.75) is 46.1 Å². The lowest BCUT2D eigenvalue weighted by molar-refractivity contribution is -0.130. The highest BCUT2D eigenvalue weighted by Gasteiger charge is 2.27. The van der Waals surface area contributed by atoms with Crippen molar-refractivity contribution in [3.63, 3.8) is 0 Å². The molecule has 1 N–H and O–H groups in total. The van der Waals surface area contributed by atoms with Gasteiger partial charge in [-0.25, -0.2) is 0 Å². The first-order valence-electron chi connectivity index (χ1n) is 9.38. The Labute approximate surface area is 162 Å². The van der Waals surface area contributed by atoms with Crippen molar-refractivity contribution < 1.29 is 9.53 Å². The first-order valence-corrected chi connectivity index (χ1v) is 9.79. The van der Waals surface area contributed by atoms with Gasteiger partial charge in [0.25, 0.3) is 0 Å². The molecule has 0 aliphatic carbocycles. The van der Waals surface area contributed by atoms with Crippen molar-refractivity contribution >= 4 is 28.9 Å². The van der Waals surface area contributed by atoms with E-state index >= 15 is 0 Å². The van der Waals surface area contributed by atoms with Crippen molar-refractivity contribution in [2.75, 3.05) is 38.7 Å². The molecule has 1 aromatic carbocycles. The number of rotatable bonds is 6. The van der Waals surface area contributed by atoms with Crippen molar-refractivity contribution in [1.29, 1.82) is 0 Å². The molecule has 0 atom stereocenters. The van der Waals surface area contributed by atoms with Crippen molar-refractivity contribution in [3.8, 4) is 0 Å². The van der Waals surface area contributed by atoms with Gasteiger partial charge in [-0.3, -0.25) is 4.79 Å². The average Bonchev–Trinajstić information content (AvgIpc) is 2.64. The standard InChI is InChI=1S/C20H31N3O2S/c1-5-17-8-6-7-15(2)19(17)21-20(26)23(13-14-25-4)18-9-11-22(12-10-18)16(3)24/h6-8,18H,5,9-14H2,1-4H3,(H,21,26). The van der Waals surface area contributed by atoms with Gasteiger partial charge in [-0.2, -0.15) is 0 Å². The molecule has 1 fully saturated rings. The fourth-order valence-electron chi connectivity index (χ4n) is 3.51. The fraction of sp³-hybridized carbons (Fsp3) is 0.600. The Bertz CT molecular complexity index is 627. The smallest absolute Gasteiger partial charge is 0.219 e. The van der Waals surface area contributed by atoms with Gasteiger partial charge < -0.3 is 19.9 Å². The van der Waals surface area contributed by atoms with E-state index in [1.807, 2.05) is 4.90 Å². The number of anilines is 1. The van der Waals surface area contributed by atoms with Crippen molar-refractivity contribution in [1.82, 2.24) is 9.80 Å². The molecular weight excluding hydrogens is 346 g/mol. The molecule has 26 heavy (non-hydrogen) atoms. The Balaban J connectivity index is 2.11. The van der Waals surface area contributed by atoms with E-state index in [-0.39, 0.29) is 5.91 Å². The zero-order valence-electron chi connectivity index (χ0n) is 16.4. The number of para-hydroxylation sites is 1. The Morgan fingerprint density at radius 2 is 2.08 bits per heavy atom. The molecule has 0 bridgehead atoms. The minimum atomic E-state index is 0.153. The molecule has 0 unspecified atom stereocenters. The molecular formula is C20H31N3O2S. The number of hydrogen-bond donors (Lipinski definition) is 1. The van der Waals surface area contributed by atoms with Crippen LogP contribution in [0.3, 0.4) is 0 Å². The normalized spacial score (nSPS) is 15.0. The number of benzene rings is 1. The summed E-state index contributed by atoms with van der Waals surface area (Å²) in [5, 5.41) is 4.23. The second-order valence-electron chi connectivity index (χ2n) is 6.82. The summed E-state index contributed by atoms with van der Waals surface area (Å²) in [5.74, 6) is 0.153. The SMILES string of the molecule is CCc1cccc(C)c1NC(=S)N(CCOC)C1CCN(C(C)=O)CC1. The summed E-state index contributed by atoms with van der Waals surface area (Å²) in [7, 11) is 1.71. The highest BCUT2D eigenvalue weighted by molar-refractivity contribution is 7.80. The number of aryl methyl sites for hydroxylation is 2. The molecule has 0 aromatic heterocycles. The number of methoxy groups -OCH3 is 1. The molecule has 1 saturated heterocycles. The molecule has 1 aliphatic rings. The monoisotopic (exact) mass is 377 g/mol. The summed E-state index contributed by atoms with van der Waals surface area (Å²) < 4.78 is 5.30.